The normalized spacial score (nSPS) is 16.4. The van der Waals surface area contributed by atoms with E-state index in [1.807, 2.05) is 0 Å². The van der Waals surface area contributed by atoms with Gasteiger partial charge in [-0.05, 0) is 50.2 Å². The lowest BCUT2D eigenvalue weighted by atomic mass is 9.92. The molecule has 1 aromatic carbocycles. The topological polar surface area (TPSA) is 55.6 Å². The van der Waals surface area contributed by atoms with Crippen LogP contribution in [0.4, 0.5) is 17.6 Å². The first-order valence-corrected chi connectivity index (χ1v) is 9.18. The number of alkyl halides is 3. The van der Waals surface area contributed by atoms with E-state index in [0.29, 0.717) is 54.0 Å². The molecule has 0 radical (unpaired) electrons. The fourth-order valence-corrected chi connectivity index (χ4v) is 3.67. The van der Waals surface area contributed by atoms with Crippen molar-refractivity contribution >= 4 is 5.78 Å². The van der Waals surface area contributed by atoms with Gasteiger partial charge in [0.05, 0.1) is 7.11 Å². The van der Waals surface area contributed by atoms with Gasteiger partial charge in [-0.15, -0.1) is 0 Å². The minimum absolute atomic E-state index is 0.0595. The lowest BCUT2D eigenvalue weighted by molar-refractivity contribution is -0.142. The SMILES string of the molecule is COc1ccc(F)c(CN2CCC(c3cc(C(F)(F)F)n4ncnc4n3)CC2)c1. The summed E-state index contributed by atoms with van der Waals surface area (Å²) in [6.45, 7) is 1.67. The Balaban J connectivity index is 1.49. The third-order valence-electron chi connectivity index (χ3n) is 5.21. The van der Waals surface area contributed by atoms with Crippen LogP contribution in [0.15, 0.2) is 30.6 Å². The van der Waals surface area contributed by atoms with E-state index in [0.717, 1.165) is 12.4 Å². The van der Waals surface area contributed by atoms with Crippen LogP contribution in [0.1, 0.15) is 35.7 Å². The van der Waals surface area contributed by atoms with E-state index in [1.54, 1.807) is 12.1 Å². The molecule has 0 amide bonds. The summed E-state index contributed by atoms with van der Waals surface area (Å²) >= 11 is 0. The van der Waals surface area contributed by atoms with Gasteiger partial charge in [0.25, 0.3) is 5.78 Å². The zero-order valence-electron chi connectivity index (χ0n) is 15.7. The summed E-state index contributed by atoms with van der Waals surface area (Å²) in [6.07, 6.45) is -2.23. The lowest BCUT2D eigenvalue weighted by Gasteiger charge is -2.32. The molecule has 1 aliphatic heterocycles. The van der Waals surface area contributed by atoms with E-state index in [2.05, 4.69) is 20.0 Å². The number of fused-ring (bicyclic) bond motifs is 1. The molecule has 4 rings (SSSR count). The van der Waals surface area contributed by atoms with Gasteiger partial charge in [0.2, 0.25) is 0 Å². The molecule has 0 spiro atoms. The standard InChI is InChI=1S/C19H19F4N5O/c1-29-14-2-3-15(20)13(8-14)10-27-6-4-12(5-7-27)16-9-17(19(21,22)23)28-18(26-16)24-11-25-28/h2-3,8-9,11-12H,4-7,10H2,1H3. The molecule has 0 saturated carbocycles. The third kappa shape index (κ3) is 4.02. The first kappa shape index (κ1) is 19.6. The second-order valence-corrected chi connectivity index (χ2v) is 7.04. The van der Waals surface area contributed by atoms with Crippen LogP contribution in [0.5, 0.6) is 5.75 Å². The maximum atomic E-state index is 14.1. The number of rotatable bonds is 4. The molecule has 3 aromatic rings. The van der Waals surface area contributed by atoms with Gasteiger partial charge in [0, 0.05) is 23.7 Å². The van der Waals surface area contributed by atoms with Gasteiger partial charge >= 0.3 is 6.18 Å². The Morgan fingerprint density at radius 1 is 1.17 bits per heavy atom. The van der Waals surface area contributed by atoms with Crippen molar-refractivity contribution in [3.05, 3.63) is 53.4 Å². The van der Waals surface area contributed by atoms with Gasteiger partial charge in [-0.3, -0.25) is 4.90 Å². The number of likely N-dealkylation sites (tertiary alicyclic amines) is 1. The summed E-state index contributed by atoms with van der Waals surface area (Å²) < 4.78 is 60.0. The molecule has 0 bridgehead atoms. The third-order valence-corrected chi connectivity index (χ3v) is 5.21. The van der Waals surface area contributed by atoms with Crippen molar-refractivity contribution in [2.45, 2.75) is 31.5 Å². The maximum absolute atomic E-state index is 14.1. The molecule has 10 heteroatoms. The van der Waals surface area contributed by atoms with Crippen LogP contribution < -0.4 is 4.74 Å². The number of nitrogens with zero attached hydrogens (tertiary/aromatic N) is 5. The fraction of sp³-hybridized carbons (Fsp3) is 0.421. The summed E-state index contributed by atoms with van der Waals surface area (Å²) in [4.78, 5) is 10.2. The van der Waals surface area contributed by atoms with Gasteiger partial charge in [0.1, 0.15) is 17.9 Å². The number of piperidine rings is 1. The van der Waals surface area contributed by atoms with E-state index in [1.165, 1.54) is 13.2 Å². The molecule has 3 heterocycles. The van der Waals surface area contributed by atoms with E-state index in [9.17, 15) is 17.6 Å². The highest BCUT2D eigenvalue weighted by Crippen LogP contribution is 2.34. The van der Waals surface area contributed by atoms with Crippen LogP contribution >= 0.6 is 0 Å². The van der Waals surface area contributed by atoms with Crippen LogP contribution in [-0.2, 0) is 12.7 Å². The predicted octanol–water partition coefficient (Wildman–Crippen LogP) is 3.67. The number of aromatic nitrogens is 4. The first-order chi connectivity index (χ1) is 13.8. The average molecular weight is 409 g/mol. The number of halogens is 4. The van der Waals surface area contributed by atoms with Gasteiger partial charge in [-0.1, -0.05) is 0 Å². The maximum Gasteiger partial charge on any atom is 0.433 e. The van der Waals surface area contributed by atoms with E-state index >= 15 is 0 Å². The number of ether oxygens (including phenoxy) is 1. The highest BCUT2D eigenvalue weighted by atomic mass is 19.4. The first-order valence-electron chi connectivity index (χ1n) is 9.18. The van der Waals surface area contributed by atoms with Crippen molar-refractivity contribution in [1.82, 2.24) is 24.5 Å². The fourth-order valence-electron chi connectivity index (χ4n) is 3.67. The smallest absolute Gasteiger partial charge is 0.433 e. The Bertz CT molecular complexity index is 1010. The Labute approximate surface area is 164 Å². The Kier molecular flexibility index (Phi) is 5.12. The molecule has 29 heavy (non-hydrogen) atoms. The number of benzene rings is 1. The van der Waals surface area contributed by atoms with Crippen LogP contribution in [-0.4, -0.2) is 44.7 Å². The second-order valence-electron chi connectivity index (χ2n) is 7.04. The van der Waals surface area contributed by atoms with Crippen LogP contribution in [0.2, 0.25) is 0 Å². The molecule has 154 valence electrons. The molecular weight excluding hydrogens is 390 g/mol. The number of hydrogen-bond donors (Lipinski definition) is 0. The van der Waals surface area contributed by atoms with Gasteiger partial charge in [-0.25, -0.2) is 9.37 Å². The molecule has 0 unspecified atom stereocenters. The van der Waals surface area contributed by atoms with Gasteiger partial charge in [-0.2, -0.15) is 27.8 Å². The van der Waals surface area contributed by atoms with Crippen molar-refractivity contribution in [2.24, 2.45) is 0 Å². The summed E-state index contributed by atoms with van der Waals surface area (Å²) in [7, 11) is 1.52. The number of methoxy groups -OCH3 is 1. The van der Waals surface area contributed by atoms with Crippen LogP contribution in [0, 0.1) is 5.82 Å². The van der Waals surface area contributed by atoms with E-state index in [-0.39, 0.29) is 17.5 Å². The molecule has 1 aliphatic rings. The summed E-state index contributed by atoms with van der Waals surface area (Å²) in [5, 5.41) is 3.62. The molecule has 0 N–H and O–H groups in total. The van der Waals surface area contributed by atoms with Crippen LogP contribution in [0.25, 0.3) is 5.78 Å². The minimum Gasteiger partial charge on any atom is -0.497 e. The van der Waals surface area contributed by atoms with Crippen molar-refractivity contribution in [2.75, 3.05) is 20.2 Å². The Morgan fingerprint density at radius 3 is 2.62 bits per heavy atom. The monoisotopic (exact) mass is 409 g/mol. The van der Waals surface area contributed by atoms with Crippen molar-refractivity contribution in [3.8, 4) is 5.75 Å². The minimum atomic E-state index is -4.55. The summed E-state index contributed by atoms with van der Waals surface area (Å²) in [5.41, 5.74) is 0.0195. The highest BCUT2D eigenvalue weighted by molar-refractivity contribution is 5.33. The molecule has 0 atom stereocenters. The van der Waals surface area contributed by atoms with Crippen molar-refractivity contribution in [3.63, 3.8) is 0 Å². The second kappa shape index (κ2) is 7.58. The predicted molar refractivity (Wildman–Crippen MR) is 96.0 cm³/mol. The van der Waals surface area contributed by atoms with E-state index < -0.39 is 11.9 Å². The quantitative estimate of drug-likeness (QED) is 0.616. The molecule has 2 aromatic heterocycles. The molecule has 6 nitrogen and oxygen atoms in total. The zero-order chi connectivity index (χ0) is 20.6. The largest absolute Gasteiger partial charge is 0.497 e. The summed E-state index contributed by atoms with van der Waals surface area (Å²) in [5.74, 6) is 0.100. The van der Waals surface area contributed by atoms with Crippen molar-refractivity contribution < 1.29 is 22.3 Å². The van der Waals surface area contributed by atoms with E-state index in [4.69, 9.17) is 4.74 Å². The zero-order valence-corrected chi connectivity index (χ0v) is 15.7. The molecule has 0 aliphatic carbocycles. The molecule has 1 fully saturated rings. The Morgan fingerprint density at radius 2 is 1.93 bits per heavy atom. The van der Waals surface area contributed by atoms with Crippen LogP contribution in [0.3, 0.4) is 0 Å². The number of hydrogen-bond acceptors (Lipinski definition) is 5. The van der Waals surface area contributed by atoms with Gasteiger partial charge in [0.15, 0.2) is 5.69 Å². The van der Waals surface area contributed by atoms with Gasteiger partial charge < -0.3 is 4.74 Å². The summed E-state index contributed by atoms with van der Waals surface area (Å²) in [6, 6.07) is 5.66. The highest BCUT2D eigenvalue weighted by Gasteiger charge is 2.36. The molecule has 1 saturated heterocycles. The average Bonchev–Trinajstić information content (AvgIpc) is 3.17. The Hall–Kier alpha value is -2.75. The lowest BCUT2D eigenvalue weighted by Crippen LogP contribution is -2.33. The molecular formula is C19H19F4N5O. The van der Waals surface area contributed by atoms with Crippen molar-refractivity contribution in [1.29, 1.82) is 0 Å².